The normalized spacial score (nSPS) is 18.9. The number of carbonyl (C=O) groups is 1. The van der Waals surface area contributed by atoms with E-state index in [-0.39, 0.29) is 30.0 Å². The maximum Gasteiger partial charge on any atom is 0.404 e. The Morgan fingerprint density at radius 2 is 1.93 bits per heavy atom. The van der Waals surface area contributed by atoms with E-state index < -0.39 is 71.3 Å². The van der Waals surface area contributed by atoms with Gasteiger partial charge in [-0.15, -0.1) is 0 Å². The molecule has 2 atom stereocenters. The minimum atomic E-state index is -5.17. The number of methoxy groups -OCH3 is 1. The van der Waals surface area contributed by atoms with Crippen LogP contribution in [0.5, 0.6) is 5.88 Å². The molecule has 0 bridgehead atoms. The second-order valence-electron chi connectivity index (χ2n) is 10.4. The summed E-state index contributed by atoms with van der Waals surface area (Å²) in [7, 11) is -6.54. The lowest BCUT2D eigenvalue weighted by molar-refractivity contribution is -0.128. The number of likely N-dealkylation sites (tertiary alicyclic amines) is 1. The minimum Gasteiger partial charge on any atom is -0.480 e. The summed E-state index contributed by atoms with van der Waals surface area (Å²) in [6.07, 6.45) is -10.4. The van der Waals surface area contributed by atoms with E-state index >= 15 is 0 Å². The molecule has 0 aromatic carbocycles. The number of rotatable bonds is 9. The second kappa shape index (κ2) is 13.6. The first-order valence-electron chi connectivity index (χ1n) is 14.9. The number of pyridine rings is 2. The molecule has 0 radical (unpaired) electrons. The van der Waals surface area contributed by atoms with Gasteiger partial charge in [0.2, 0.25) is 15.9 Å². The van der Waals surface area contributed by atoms with Crippen LogP contribution < -0.4 is 20.1 Å². The summed E-state index contributed by atoms with van der Waals surface area (Å²) in [5, 5.41) is 5.73. The number of sulfonamides is 1. The number of aromatic nitrogens is 2. The van der Waals surface area contributed by atoms with Gasteiger partial charge in [0.1, 0.15) is 11.9 Å². The summed E-state index contributed by atoms with van der Waals surface area (Å²) in [5.41, 5.74) is -0.470. The highest BCUT2D eigenvalue weighted by Gasteiger charge is 2.36. The first kappa shape index (κ1) is 30.4. The summed E-state index contributed by atoms with van der Waals surface area (Å²) in [5.74, 6) is 0.524. The van der Waals surface area contributed by atoms with Gasteiger partial charge < -0.3 is 24.7 Å². The number of ether oxygens (including phenoxy) is 1. The number of halogens is 7. The third-order valence-corrected chi connectivity index (χ3v) is 7.96. The molecule has 4 heterocycles. The van der Waals surface area contributed by atoms with Crippen molar-refractivity contribution in [3.05, 3.63) is 53.5 Å². The quantitative estimate of drug-likeness (QED) is 0.230. The summed E-state index contributed by atoms with van der Waals surface area (Å²) < 4.78 is 146. The van der Waals surface area contributed by atoms with Gasteiger partial charge in [0.05, 0.1) is 47.0 Å². The van der Waals surface area contributed by atoms with E-state index in [9.17, 15) is 43.9 Å². The molecule has 1 aliphatic heterocycles. The molecule has 0 unspecified atom stereocenters. The molecule has 3 aromatic rings. The van der Waals surface area contributed by atoms with Gasteiger partial charge in [-0.2, -0.15) is 26.3 Å². The van der Waals surface area contributed by atoms with E-state index in [0.717, 1.165) is 12.1 Å². The molecular weight excluding hydrogens is 649 g/mol. The van der Waals surface area contributed by atoms with Gasteiger partial charge >= 0.3 is 12.4 Å². The van der Waals surface area contributed by atoms with Crippen LogP contribution >= 0.6 is 0 Å². The fraction of sp³-hybridized carbons (Fsp3) is 0.429. The van der Waals surface area contributed by atoms with Crippen LogP contribution in [0.4, 0.5) is 42.1 Å². The van der Waals surface area contributed by atoms with Gasteiger partial charge in [-0.1, -0.05) is 11.8 Å². The highest BCUT2D eigenvalue weighted by molar-refractivity contribution is 7.90. The lowest BCUT2D eigenvalue weighted by atomic mass is 10.0. The molecule has 0 spiro atoms. The molecule has 1 aliphatic rings. The molecule has 1 fully saturated rings. The molecule has 1 amide bonds. The first-order chi connectivity index (χ1) is 22.6. The standard InChI is InChI=1S/C28H29F7N6O4S/c1-40-12-9-19(18(29)15-40)37-20-6-4-11-41-23(20)13-17(24(41)14-27(30,31)32)5-3-10-36-22-8-7-21(38-26(22)45-2)25(42)39-46(43,44)16-28(33,34)35/h4,6-8,11,13,18-19,36-37H,9-10,12,14-16H2,1-2H3,(H,39,42)/t18-,19+/m0/s1/i2D3. The van der Waals surface area contributed by atoms with Crippen molar-refractivity contribution in [3.8, 4) is 17.7 Å². The van der Waals surface area contributed by atoms with Crippen LogP contribution in [0.15, 0.2) is 36.5 Å². The minimum absolute atomic E-state index is 0.00211. The Labute approximate surface area is 263 Å². The van der Waals surface area contributed by atoms with Gasteiger partial charge in [-0.05, 0) is 43.8 Å². The van der Waals surface area contributed by atoms with Gasteiger partial charge in [-0.3, -0.25) is 4.79 Å². The average molecular weight is 682 g/mol. The van der Waals surface area contributed by atoms with Crippen LogP contribution in [0.2, 0.25) is 0 Å². The zero-order valence-corrected chi connectivity index (χ0v) is 24.7. The van der Waals surface area contributed by atoms with Gasteiger partial charge in [0.25, 0.3) is 5.91 Å². The van der Waals surface area contributed by atoms with Crippen LogP contribution in [0.3, 0.4) is 0 Å². The molecule has 0 aliphatic carbocycles. The number of hydrogen-bond acceptors (Lipinski definition) is 8. The number of carbonyl (C=O) groups excluding carboxylic acids is 1. The molecule has 4 rings (SSSR count). The van der Waals surface area contributed by atoms with Crippen molar-refractivity contribution in [1.82, 2.24) is 19.0 Å². The lowest BCUT2D eigenvalue weighted by Gasteiger charge is -2.33. The van der Waals surface area contributed by atoms with Gasteiger partial charge in [0.15, 0.2) is 5.75 Å². The second-order valence-corrected chi connectivity index (χ2v) is 12.1. The van der Waals surface area contributed by atoms with Crippen molar-refractivity contribution >= 4 is 32.8 Å². The number of hydrogen-bond donors (Lipinski definition) is 3. The molecule has 0 saturated carbocycles. The highest BCUT2D eigenvalue weighted by Crippen LogP contribution is 2.30. The summed E-state index contributed by atoms with van der Waals surface area (Å²) >= 11 is 0. The number of nitrogens with one attached hydrogen (secondary N) is 3. The smallest absolute Gasteiger partial charge is 0.404 e. The maximum atomic E-state index is 14.7. The van der Waals surface area contributed by atoms with E-state index in [2.05, 4.69) is 27.5 Å². The maximum absolute atomic E-state index is 14.7. The van der Waals surface area contributed by atoms with Crippen molar-refractivity contribution in [3.63, 3.8) is 0 Å². The van der Waals surface area contributed by atoms with Crippen LogP contribution in [0.1, 0.15) is 32.3 Å². The Morgan fingerprint density at radius 3 is 2.61 bits per heavy atom. The van der Waals surface area contributed by atoms with Crippen molar-refractivity contribution in [2.24, 2.45) is 0 Å². The molecule has 10 nitrogen and oxygen atoms in total. The lowest BCUT2D eigenvalue weighted by Crippen LogP contribution is -2.46. The van der Waals surface area contributed by atoms with Crippen molar-refractivity contribution in [1.29, 1.82) is 0 Å². The Balaban J connectivity index is 1.59. The molecule has 250 valence electrons. The first-order valence-corrected chi connectivity index (χ1v) is 15.1. The fourth-order valence-electron chi connectivity index (χ4n) is 4.78. The van der Waals surface area contributed by atoms with E-state index in [0.29, 0.717) is 24.2 Å². The van der Waals surface area contributed by atoms with Crippen LogP contribution in [0, 0.1) is 11.8 Å². The number of alkyl halides is 7. The monoisotopic (exact) mass is 681 g/mol. The van der Waals surface area contributed by atoms with E-state index in [1.165, 1.54) is 27.5 Å². The predicted molar refractivity (Wildman–Crippen MR) is 155 cm³/mol. The van der Waals surface area contributed by atoms with Gasteiger partial charge in [0, 0.05) is 30.5 Å². The molecule has 3 aromatic heterocycles. The van der Waals surface area contributed by atoms with E-state index in [1.807, 2.05) is 4.90 Å². The zero-order chi connectivity index (χ0) is 36.4. The highest BCUT2D eigenvalue weighted by atomic mass is 32.2. The van der Waals surface area contributed by atoms with Gasteiger partial charge in [-0.25, -0.2) is 22.5 Å². The number of anilines is 2. The third-order valence-electron chi connectivity index (χ3n) is 6.75. The summed E-state index contributed by atoms with van der Waals surface area (Å²) in [6, 6.07) is 5.87. The molecule has 18 heteroatoms. The Bertz CT molecular complexity index is 1860. The molecule has 46 heavy (non-hydrogen) atoms. The summed E-state index contributed by atoms with van der Waals surface area (Å²) in [6.45, 7) is 0.478. The van der Waals surface area contributed by atoms with Crippen LogP contribution in [-0.4, -0.2) is 92.6 Å². The summed E-state index contributed by atoms with van der Waals surface area (Å²) in [4.78, 5) is 17.7. The number of fused-ring (bicyclic) bond motifs is 1. The van der Waals surface area contributed by atoms with Crippen LogP contribution in [0.25, 0.3) is 5.52 Å². The zero-order valence-electron chi connectivity index (χ0n) is 26.9. The van der Waals surface area contributed by atoms with E-state index in [4.69, 9.17) is 8.85 Å². The van der Waals surface area contributed by atoms with E-state index in [1.54, 1.807) is 13.1 Å². The number of piperidine rings is 1. The molecular formula is C28H29F7N6O4S. The third kappa shape index (κ3) is 9.16. The fourth-order valence-corrected chi connectivity index (χ4v) is 5.67. The Kier molecular flexibility index (Phi) is 9.01. The Hall–Kier alpha value is -4.24. The number of nitrogens with zero attached hydrogens (tertiary/aromatic N) is 3. The topological polar surface area (TPSA) is 117 Å². The Morgan fingerprint density at radius 1 is 1.17 bits per heavy atom. The molecule has 1 saturated heterocycles. The number of amides is 1. The molecule has 3 N–H and O–H groups in total. The van der Waals surface area contributed by atoms with Crippen molar-refractivity contribution in [2.45, 2.75) is 37.4 Å². The average Bonchev–Trinajstić information content (AvgIpc) is 3.27. The predicted octanol–water partition coefficient (Wildman–Crippen LogP) is 3.99. The SMILES string of the molecule is [2H]C([2H])([2H])Oc1nc(C(=O)NS(=O)(=O)CC(F)(F)F)ccc1NCC#Cc1cc2c(N[C@@H]3CCN(C)C[C@@H]3F)cccn2c1CC(F)(F)F. The van der Waals surface area contributed by atoms with Crippen LogP contribution in [-0.2, 0) is 16.4 Å². The largest absolute Gasteiger partial charge is 0.480 e. The van der Waals surface area contributed by atoms with Crippen molar-refractivity contribution in [2.75, 3.05) is 50.1 Å². The van der Waals surface area contributed by atoms with Crippen molar-refractivity contribution < 1.29 is 52.8 Å².